The summed E-state index contributed by atoms with van der Waals surface area (Å²) < 4.78 is 1.12. The maximum Gasteiger partial charge on any atom is 0.147 e. The van der Waals surface area contributed by atoms with Crippen LogP contribution in [0.25, 0.3) is 10.2 Å². The lowest BCUT2D eigenvalue weighted by Crippen LogP contribution is -2.30. The van der Waals surface area contributed by atoms with Crippen LogP contribution in [-0.2, 0) is 0 Å². The molecule has 2 N–H and O–H groups in total. The van der Waals surface area contributed by atoms with Gasteiger partial charge in [0.25, 0.3) is 0 Å². The molecule has 102 valence electrons. The molecule has 2 heterocycles. The molecule has 1 aliphatic rings. The molecule has 3 rings (SSSR count). The van der Waals surface area contributed by atoms with Crippen molar-refractivity contribution < 1.29 is 5.11 Å². The Hall–Kier alpha value is -1.20. The summed E-state index contributed by atoms with van der Waals surface area (Å²) in [5.74, 6) is 0.905. The van der Waals surface area contributed by atoms with Crippen molar-refractivity contribution in [2.75, 3.05) is 18.5 Å². The van der Waals surface area contributed by atoms with E-state index in [0.717, 1.165) is 35.4 Å². The van der Waals surface area contributed by atoms with Gasteiger partial charge in [-0.05, 0) is 30.7 Å². The predicted molar refractivity (Wildman–Crippen MR) is 78.6 cm³/mol. The summed E-state index contributed by atoms with van der Waals surface area (Å²) in [7, 11) is 0. The zero-order valence-electron chi connectivity index (χ0n) is 11.1. The molecule has 4 nitrogen and oxygen atoms in total. The lowest BCUT2D eigenvalue weighted by Gasteiger charge is -2.26. The summed E-state index contributed by atoms with van der Waals surface area (Å²) in [6.07, 6.45) is 6.27. The van der Waals surface area contributed by atoms with Crippen LogP contribution in [0.15, 0.2) is 11.7 Å². The first-order valence-electron chi connectivity index (χ1n) is 6.78. The molecule has 2 aromatic rings. The van der Waals surface area contributed by atoms with Crippen LogP contribution >= 0.6 is 11.3 Å². The number of nitrogens with one attached hydrogen (secondary N) is 1. The van der Waals surface area contributed by atoms with Crippen molar-refractivity contribution in [2.24, 2.45) is 5.41 Å². The van der Waals surface area contributed by atoms with Crippen molar-refractivity contribution >= 4 is 27.4 Å². The van der Waals surface area contributed by atoms with E-state index in [2.05, 4.69) is 27.6 Å². The molecule has 1 saturated carbocycles. The van der Waals surface area contributed by atoms with E-state index in [0.29, 0.717) is 0 Å². The number of anilines is 1. The van der Waals surface area contributed by atoms with Crippen molar-refractivity contribution in [3.8, 4) is 0 Å². The smallest absolute Gasteiger partial charge is 0.147 e. The normalized spacial score (nSPS) is 18.0. The summed E-state index contributed by atoms with van der Waals surface area (Å²) >= 11 is 1.68. The Bertz CT molecular complexity index is 575. The van der Waals surface area contributed by atoms with Gasteiger partial charge in [-0.2, -0.15) is 0 Å². The molecule has 0 saturated heterocycles. The Morgan fingerprint density at radius 1 is 1.37 bits per heavy atom. The number of aliphatic hydroxyl groups excluding tert-OH is 1. The number of aromatic nitrogens is 2. The number of aliphatic hydroxyl groups is 1. The number of aryl methyl sites for hydroxylation is 1. The molecule has 0 unspecified atom stereocenters. The number of thiophene rings is 1. The van der Waals surface area contributed by atoms with Gasteiger partial charge in [-0.1, -0.05) is 12.8 Å². The SMILES string of the molecule is Cc1csc2c(NCC3(CO)CCCC3)ncnc12. The van der Waals surface area contributed by atoms with Gasteiger partial charge in [0.2, 0.25) is 0 Å². The highest BCUT2D eigenvalue weighted by atomic mass is 32.1. The summed E-state index contributed by atoms with van der Waals surface area (Å²) in [4.78, 5) is 8.68. The zero-order chi connectivity index (χ0) is 13.3. The van der Waals surface area contributed by atoms with Gasteiger partial charge in [-0.15, -0.1) is 11.3 Å². The van der Waals surface area contributed by atoms with E-state index in [9.17, 15) is 5.11 Å². The van der Waals surface area contributed by atoms with Crippen molar-refractivity contribution in [2.45, 2.75) is 32.6 Å². The number of fused-ring (bicyclic) bond motifs is 1. The Morgan fingerprint density at radius 2 is 2.16 bits per heavy atom. The summed E-state index contributed by atoms with van der Waals surface area (Å²) in [6, 6.07) is 0. The molecule has 1 fully saturated rings. The lowest BCUT2D eigenvalue weighted by atomic mass is 9.87. The summed E-state index contributed by atoms with van der Waals surface area (Å²) in [5.41, 5.74) is 2.28. The first kappa shape index (κ1) is 12.8. The molecule has 0 atom stereocenters. The van der Waals surface area contributed by atoms with Crippen molar-refractivity contribution in [1.82, 2.24) is 9.97 Å². The Balaban J connectivity index is 1.82. The third kappa shape index (κ3) is 2.32. The van der Waals surface area contributed by atoms with E-state index in [-0.39, 0.29) is 12.0 Å². The van der Waals surface area contributed by atoms with Crippen LogP contribution in [0.2, 0.25) is 0 Å². The van der Waals surface area contributed by atoms with Gasteiger partial charge in [-0.25, -0.2) is 9.97 Å². The van der Waals surface area contributed by atoms with Crippen LogP contribution in [0, 0.1) is 12.3 Å². The number of hydrogen-bond acceptors (Lipinski definition) is 5. The third-order valence-corrected chi connectivity index (χ3v) is 5.26. The van der Waals surface area contributed by atoms with Crippen molar-refractivity contribution in [3.05, 3.63) is 17.3 Å². The van der Waals surface area contributed by atoms with E-state index < -0.39 is 0 Å². The highest BCUT2D eigenvalue weighted by Gasteiger charge is 2.33. The van der Waals surface area contributed by atoms with Gasteiger partial charge < -0.3 is 10.4 Å². The number of nitrogens with zero attached hydrogens (tertiary/aromatic N) is 2. The first-order valence-corrected chi connectivity index (χ1v) is 7.66. The molecule has 0 bridgehead atoms. The minimum absolute atomic E-state index is 0.0452. The van der Waals surface area contributed by atoms with E-state index in [1.54, 1.807) is 17.7 Å². The molecular formula is C14H19N3OS. The minimum Gasteiger partial charge on any atom is -0.396 e. The molecule has 0 radical (unpaired) electrons. The molecule has 0 amide bonds. The van der Waals surface area contributed by atoms with Crippen LogP contribution < -0.4 is 5.32 Å². The number of hydrogen-bond donors (Lipinski definition) is 2. The second-order valence-electron chi connectivity index (χ2n) is 5.54. The van der Waals surface area contributed by atoms with Gasteiger partial charge >= 0.3 is 0 Å². The Kier molecular flexibility index (Phi) is 3.41. The van der Waals surface area contributed by atoms with E-state index >= 15 is 0 Å². The lowest BCUT2D eigenvalue weighted by molar-refractivity contribution is 0.142. The largest absolute Gasteiger partial charge is 0.396 e. The fourth-order valence-corrected chi connectivity index (χ4v) is 3.85. The molecule has 0 spiro atoms. The first-order chi connectivity index (χ1) is 9.24. The fourth-order valence-electron chi connectivity index (χ4n) is 2.88. The topological polar surface area (TPSA) is 58.0 Å². The maximum atomic E-state index is 9.64. The number of rotatable bonds is 4. The summed E-state index contributed by atoms with van der Waals surface area (Å²) in [6.45, 7) is 3.13. The van der Waals surface area contributed by atoms with Gasteiger partial charge in [0, 0.05) is 12.0 Å². The highest BCUT2D eigenvalue weighted by Crippen LogP contribution is 2.38. The molecule has 0 aliphatic heterocycles. The van der Waals surface area contributed by atoms with Crippen LogP contribution in [0.3, 0.4) is 0 Å². The van der Waals surface area contributed by atoms with E-state index in [1.165, 1.54) is 18.4 Å². The molecule has 5 heteroatoms. The fraction of sp³-hybridized carbons (Fsp3) is 0.571. The van der Waals surface area contributed by atoms with Gasteiger partial charge in [-0.3, -0.25) is 0 Å². The Morgan fingerprint density at radius 3 is 2.89 bits per heavy atom. The quantitative estimate of drug-likeness (QED) is 0.902. The molecule has 2 aromatic heterocycles. The minimum atomic E-state index is 0.0452. The van der Waals surface area contributed by atoms with Gasteiger partial charge in [0.1, 0.15) is 12.1 Å². The van der Waals surface area contributed by atoms with Crippen molar-refractivity contribution in [1.29, 1.82) is 0 Å². The van der Waals surface area contributed by atoms with E-state index in [1.807, 2.05) is 0 Å². The van der Waals surface area contributed by atoms with Crippen LogP contribution in [0.4, 0.5) is 5.82 Å². The standard InChI is InChI=1S/C14H19N3OS/c1-10-6-19-12-11(10)16-9-17-13(12)15-7-14(8-18)4-2-3-5-14/h6,9,18H,2-5,7-8H2,1H3,(H,15,16,17). The summed E-state index contributed by atoms with van der Waals surface area (Å²) in [5, 5.41) is 15.2. The molecule has 0 aromatic carbocycles. The van der Waals surface area contributed by atoms with Gasteiger partial charge in [0.15, 0.2) is 0 Å². The van der Waals surface area contributed by atoms with E-state index in [4.69, 9.17) is 0 Å². The maximum absolute atomic E-state index is 9.64. The van der Waals surface area contributed by atoms with Crippen molar-refractivity contribution in [3.63, 3.8) is 0 Å². The predicted octanol–water partition coefficient (Wildman–Crippen LogP) is 2.96. The molecular weight excluding hydrogens is 258 g/mol. The second-order valence-corrected chi connectivity index (χ2v) is 6.42. The third-order valence-electron chi connectivity index (χ3n) is 4.16. The van der Waals surface area contributed by atoms with Gasteiger partial charge in [0.05, 0.1) is 16.8 Å². The average molecular weight is 277 g/mol. The molecule has 1 aliphatic carbocycles. The zero-order valence-corrected chi connectivity index (χ0v) is 12.0. The van der Waals surface area contributed by atoms with Crippen LogP contribution in [0.5, 0.6) is 0 Å². The van der Waals surface area contributed by atoms with Crippen LogP contribution in [0.1, 0.15) is 31.2 Å². The van der Waals surface area contributed by atoms with Crippen LogP contribution in [-0.4, -0.2) is 28.2 Å². The Labute approximate surface area is 116 Å². The molecule has 19 heavy (non-hydrogen) atoms. The second kappa shape index (κ2) is 5.06. The average Bonchev–Trinajstić information content (AvgIpc) is 3.05. The monoisotopic (exact) mass is 277 g/mol. The highest BCUT2D eigenvalue weighted by molar-refractivity contribution is 7.18.